The molecule has 13 rings (SSSR count). The number of aromatic nitrogens is 4. The molecule has 0 bridgehead atoms. The highest BCUT2D eigenvalue weighted by molar-refractivity contribution is 7.25. The molecule has 59 heavy (non-hydrogen) atoms. The monoisotopic (exact) mass is 768 g/mol. The molecule has 1 aliphatic carbocycles. The van der Waals surface area contributed by atoms with Crippen molar-refractivity contribution in [3.8, 4) is 51.0 Å². The molecule has 0 saturated heterocycles. The van der Waals surface area contributed by atoms with Crippen LogP contribution in [0.4, 0.5) is 0 Å². The minimum atomic E-state index is 0.652. The van der Waals surface area contributed by atoms with Gasteiger partial charge < -0.3 is 4.57 Å². The Morgan fingerprint density at radius 2 is 0.983 bits per heavy atom. The van der Waals surface area contributed by atoms with E-state index in [-0.39, 0.29) is 0 Å². The quantitative estimate of drug-likeness (QED) is 0.179. The van der Waals surface area contributed by atoms with Gasteiger partial charge in [0.25, 0.3) is 0 Å². The molecule has 3 aromatic heterocycles. The van der Waals surface area contributed by atoms with Crippen LogP contribution in [-0.2, 0) is 6.42 Å². The van der Waals surface area contributed by atoms with Crippen molar-refractivity contribution < 1.29 is 0 Å². The summed E-state index contributed by atoms with van der Waals surface area (Å²) in [5, 5.41) is 10.0. The van der Waals surface area contributed by atoms with Gasteiger partial charge in [-0.1, -0.05) is 121 Å². The molecule has 0 saturated carbocycles. The van der Waals surface area contributed by atoms with Crippen molar-refractivity contribution in [2.45, 2.75) is 6.42 Å². The number of nitrogens with zero attached hydrogens (tertiary/aromatic N) is 4. The Balaban J connectivity index is 1.000. The van der Waals surface area contributed by atoms with Crippen molar-refractivity contribution >= 4 is 74.9 Å². The van der Waals surface area contributed by atoms with E-state index in [1.807, 2.05) is 11.3 Å². The molecule has 3 heterocycles. The summed E-state index contributed by atoms with van der Waals surface area (Å²) in [6, 6.07) is 65.7. The zero-order valence-corrected chi connectivity index (χ0v) is 32.5. The lowest BCUT2D eigenvalue weighted by Crippen LogP contribution is -2.02. The van der Waals surface area contributed by atoms with E-state index in [9.17, 15) is 0 Å². The van der Waals surface area contributed by atoms with Crippen LogP contribution in [0.5, 0.6) is 0 Å². The van der Waals surface area contributed by atoms with Crippen LogP contribution in [0.25, 0.3) is 115 Å². The zero-order chi connectivity index (χ0) is 38.6. The lowest BCUT2D eigenvalue weighted by Gasteiger charge is -2.12. The first kappa shape index (κ1) is 32.6. The maximum atomic E-state index is 5.28. The van der Waals surface area contributed by atoms with Gasteiger partial charge in [-0.3, -0.25) is 0 Å². The molecular weight excluding hydrogens is 737 g/mol. The molecule has 0 amide bonds. The average molecular weight is 769 g/mol. The van der Waals surface area contributed by atoms with Gasteiger partial charge in [0, 0.05) is 53.3 Å². The predicted molar refractivity (Wildman–Crippen MR) is 247 cm³/mol. The first-order valence-electron chi connectivity index (χ1n) is 20.1. The van der Waals surface area contributed by atoms with Crippen LogP contribution in [0.15, 0.2) is 182 Å². The van der Waals surface area contributed by atoms with E-state index in [0.29, 0.717) is 17.5 Å². The zero-order valence-electron chi connectivity index (χ0n) is 31.7. The number of hydrogen-bond acceptors (Lipinski definition) is 4. The van der Waals surface area contributed by atoms with Gasteiger partial charge in [0.15, 0.2) is 17.5 Å². The molecule has 12 aromatic rings. The molecule has 0 fully saturated rings. The number of fused-ring (bicyclic) bond motifs is 13. The number of thiophene rings is 1. The normalized spacial score (nSPS) is 12.3. The van der Waals surface area contributed by atoms with E-state index < -0.39 is 0 Å². The summed E-state index contributed by atoms with van der Waals surface area (Å²) in [5.41, 5.74) is 11.6. The summed E-state index contributed by atoms with van der Waals surface area (Å²) in [4.78, 5) is 15.8. The largest absolute Gasteiger partial charge is 0.309 e. The number of rotatable bonds is 4. The first-order chi connectivity index (χ1) is 29.2. The van der Waals surface area contributed by atoms with Crippen LogP contribution >= 0.6 is 11.3 Å². The maximum Gasteiger partial charge on any atom is 0.164 e. The van der Waals surface area contributed by atoms with Crippen molar-refractivity contribution in [1.82, 2.24) is 19.5 Å². The van der Waals surface area contributed by atoms with Gasteiger partial charge in [0.1, 0.15) is 0 Å². The Hall–Kier alpha value is -7.47. The molecule has 0 spiro atoms. The van der Waals surface area contributed by atoms with Crippen molar-refractivity contribution in [2.75, 3.05) is 0 Å². The summed E-state index contributed by atoms with van der Waals surface area (Å²) >= 11 is 1.82. The highest BCUT2D eigenvalue weighted by Gasteiger charge is 2.24. The summed E-state index contributed by atoms with van der Waals surface area (Å²) in [6.45, 7) is 0. The van der Waals surface area contributed by atoms with Gasteiger partial charge in [0.2, 0.25) is 0 Å². The van der Waals surface area contributed by atoms with Crippen LogP contribution in [0, 0.1) is 0 Å². The minimum absolute atomic E-state index is 0.652. The van der Waals surface area contributed by atoms with Gasteiger partial charge >= 0.3 is 0 Å². The van der Waals surface area contributed by atoms with Crippen molar-refractivity contribution in [3.63, 3.8) is 0 Å². The van der Waals surface area contributed by atoms with Crippen molar-refractivity contribution in [3.05, 3.63) is 193 Å². The fourth-order valence-corrected chi connectivity index (χ4v) is 10.7. The second-order valence-electron chi connectivity index (χ2n) is 15.5. The first-order valence-corrected chi connectivity index (χ1v) is 20.9. The van der Waals surface area contributed by atoms with Gasteiger partial charge in [0.05, 0.1) is 11.0 Å². The Morgan fingerprint density at radius 3 is 1.75 bits per heavy atom. The molecule has 0 radical (unpaired) electrons. The van der Waals surface area contributed by atoms with Crippen molar-refractivity contribution in [2.24, 2.45) is 0 Å². The van der Waals surface area contributed by atoms with Crippen LogP contribution in [0.2, 0.25) is 0 Å². The fraction of sp³-hybridized carbons (Fsp3) is 0.0185. The second-order valence-corrected chi connectivity index (χ2v) is 16.6. The Labute approximate surface area is 343 Å². The SMILES string of the molecule is c1ccc2c(c1)Cc1c(-c3nc(-c4ccc(-n5c6ccc7ccccc7c6c6c7ccccc7ccc65)cc4)nc(-c4ccc5sc6ccccc6c5c4)n3)cccc1-2. The standard InChI is InChI=1S/C54H32N4S/c1-5-14-39-32(10-1)22-27-46-50(39)51-40-15-6-2-11-33(40)23-28-47(51)58(46)37-25-20-34(21-26-37)52-55-53(36-24-29-49-45(31-36)42-16-7-8-19-48(42)59-49)57-54(56-52)43-18-9-17-41-38-13-4-3-12-35(38)30-44(41)43/h1-29,31H,30H2. The second kappa shape index (κ2) is 12.5. The molecule has 1 aliphatic rings. The Morgan fingerprint density at radius 1 is 0.407 bits per heavy atom. The third-order valence-corrected chi connectivity index (χ3v) is 13.4. The average Bonchev–Trinajstić information content (AvgIpc) is 3.98. The molecule has 0 unspecified atom stereocenters. The summed E-state index contributed by atoms with van der Waals surface area (Å²) < 4.78 is 4.94. The van der Waals surface area contributed by atoms with Crippen LogP contribution in [0.3, 0.4) is 0 Å². The third kappa shape index (κ3) is 4.92. The van der Waals surface area contributed by atoms with Crippen LogP contribution in [-0.4, -0.2) is 19.5 Å². The molecule has 4 nitrogen and oxygen atoms in total. The highest BCUT2D eigenvalue weighted by atomic mass is 32.1. The lowest BCUT2D eigenvalue weighted by atomic mass is 10.00. The Kier molecular flexibility index (Phi) is 6.91. The molecule has 274 valence electrons. The van der Waals surface area contributed by atoms with Gasteiger partial charge in [-0.05, 0) is 111 Å². The van der Waals surface area contributed by atoms with Gasteiger partial charge in [-0.25, -0.2) is 15.0 Å². The highest BCUT2D eigenvalue weighted by Crippen LogP contribution is 2.43. The van der Waals surface area contributed by atoms with E-state index in [2.05, 4.69) is 187 Å². The summed E-state index contributed by atoms with van der Waals surface area (Å²) in [5.74, 6) is 2.01. The fourth-order valence-electron chi connectivity index (χ4n) is 9.57. The van der Waals surface area contributed by atoms with Crippen LogP contribution in [0.1, 0.15) is 11.1 Å². The predicted octanol–water partition coefficient (Wildman–Crippen LogP) is 14.2. The smallest absolute Gasteiger partial charge is 0.164 e. The van der Waals surface area contributed by atoms with E-state index >= 15 is 0 Å². The summed E-state index contributed by atoms with van der Waals surface area (Å²) in [6.07, 6.45) is 0.850. The Bertz CT molecular complexity index is 3610. The summed E-state index contributed by atoms with van der Waals surface area (Å²) in [7, 11) is 0. The molecule has 0 aliphatic heterocycles. The molecule has 0 N–H and O–H groups in total. The molecule has 0 atom stereocenters. The van der Waals surface area contributed by atoms with Gasteiger partial charge in [-0.2, -0.15) is 0 Å². The van der Waals surface area contributed by atoms with E-state index in [1.54, 1.807) is 0 Å². The lowest BCUT2D eigenvalue weighted by molar-refractivity contribution is 1.07. The molecule has 9 aromatic carbocycles. The van der Waals surface area contributed by atoms with E-state index in [1.165, 1.54) is 85.8 Å². The maximum absolute atomic E-state index is 5.28. The minimum Gasteiger partial charge on any atom is -0.309 e. The topological polar surface area (TPSA) is 43.6 Å². The third-order valence-electron chi connectivity index (χ3n) is 12.3. The van der Waals surface area contributed by atoms with Gasteiger partial charge in [-0.15, -0.1) is 11.3 Å². The van der Waals surface area contributed by atoms with Crippen molar-refractivity contribution in [1.29, 1.82) is 0 Å². The molecule has 5 heteroatoms. The van der Waals surface area contributed by atoms with E-state index in [4.69, 9.17) is 15.0 Å². The van der Waals surface area contributed by atoms with Crippen LogP contribution < -0.4 is 0 Å². The molecular formula is C54H32N4S. The number of benzene rings is 9. The van der Waals surface area contributed by atoms with E-state index in [0.717, 1.165) is 28.8 Å². The number of hydrogen-bond donors (Lipinski definition) is 0.